The van der Waals surface area contributed by atoms with E-state index in [4.69, 9.17) is 5.11 Å². The van der Waals surface area contributed by atoms with Crippen molar-refractivity contribution in [3.05, 3.63) is 23.8 Å². The lowest BCUT2D eigenvalue weighted by molar-refractivity contribution is 0.0693. The maximum absolute atomic E-state index is 11.7. The monoisotopic (exact) mass is 264 g/mol. The first-order valence-electron chi connectivity index (χ1n) is 6.20. The lowest BCUT2D eigenvalue weighted by Gasteiger charge is -2.14. The molecule has 0 spiro atoms. The first-order chi connectivity index (χ1) is 9.08. The average Bonchev–Trinajstić information content (AvgIpc) is 2.84. The number of urea groups is 1. The number of anilines is 1. The smallest absolute Gasteiger partial charge is 0.339 e. The molecule has 2 rings (SSSR count). The van der Waals surface area contributed by atoms with Crippen molar-refractivity contribution in [2.45, 2.75) is 31.7 Å². The van der Waals surface area contributed by atoms with Crippen molar-refractivity contribution in [1.82, 2.24) is 5.32 Å². The Bertz CT molecular complexity index is 495. The molecular weight excluding hydrogens is 248 g/mol. The van der Waals surface area contributed by atoms with Gasteiger partial charge in [0.15, 0.2) is 5.75 Å². The molecule has 0 aliphatic heterocycles. The van der Waals surface area contributed by atoms with Gasteiger partial charge in [-0.15, -0.1) is 0 Å². The van der Waals surface area contributed by atoms with E-state index in [2.05, 4.69) is 10.6 Å². The Morgan fingerprint density at radius 2 is 1.89 bits per heavy atom. The molecule has 6 nitrogen and oxygen atoms in total. The van der Waals surface area contributed by atoms with Gasteiger partial charge < -0.3 is 20.8 Å². The number of carbonyl (C=O) groups excluding carboxylic acids is 1. The summed E-state index contributed by atoms with van der Waals surface area (Å²) in [6.45, 7) is 0. The molecule has 0 saturated heterocycles. The summed E-state index contributed by atoms with van der Waals surface area (Å²) in [6, 6.07) is 3.93. The minimum absolute atomic E-state index is 0.0930. The van der Waals surface area contributed by atoms with E-state index in [1.54, 1.807) is 0 Å². The molecular formula is C13H16N2O4. The lowest BCUT2D eigenvalue weighted by atomic mass is 10.1. The van der Waals surface area contributed by atoms with Gasteiger partial charge in [-0.05, 0) is 25.0 Å². The predicted octanol–water partition coefficient (Wildman–Crippen LogP) is 2.15. The number of aromatic carboxylic acids is 1. The zero-order valence-corrected chi connectivity index (χ0v) is 10.3. The van der Waals surface area contributed by atoms with E-state index in [1.165, 1.54) is 18.2 Å². The van der Waals surface area contributed by atoms with Gasteiger partial charge in [-0.25, -0.2) is 9.59 Å². The largest absolute Gasteiger partial charge is 0.505 e. The van der Waals surface area contributed by atoms with Crippen molar-refractivity contribution in [2.75, 3.05) is 5.32 Å². The molecule has 4 N–H and O–H groups in total. The molecule has 6 heteroatoms. The van der Waals surface area contributed by atoms with Crippen LogP contribution in [0.15, 0.2) is 18.2 Å². The van der Waals surface area contributed by atoms with Crippen LogP contribution in [0.1, 0.15) is 36.0 Å². The van der Waals surface area contributed by atoms with Gasteiger partial charge in [-0.2, -0.15) is 0 Å². The summed E-state index contributed by atoms with van der Waals surface area (Å²) >= 11 is 0. The van der Waals surface area contributed by atoms with E-state index in [-0.39, 0.29) is 17.3 Å². The minimum Gasteiger partial charge on any atom is -0.505 e. The van der Waals surface area contributed by atoms with Crippen molar-refractivity contribution < 1.29 is 19.8 Å². The highest BCUT2D eigenvalue weighted by Gasteiger charge is 2.19. The van der Waals surface area contributed by atoms with E-state index in [0.29, 0.717) is 0 Å². The molecule has 1 aliphatic carbocycles. The number of hydrogen-bond acceptors (Lipinski definition) is 3. The van der Waals surface area contributed by atoms with Crippen LogP contribution in [0.2, 0.25) is 0 Å². The maximum atomic E-state index is 11.7. The Morgan fingerprint density at radius 3 is 2.53 bits per heavy atom. The van der Waals surface area contributed by atoms with Crippen molar-refractivity contribution >= 4 is 17.7 Å². The zero-order valence-electron chi connectivity index (χ0n) is 10.3. The first-order valence-corrected chi connectivity index (χ1v) is 6.20. The van der Waals surface area contributed by atoms with E-state index in [0.717, 1.165) is 25.7 Å². The summed E-state index contributed by atoms with van der Waals surface area (Å²) in [5, 5.41) is 23.9. The van der Waals surface area contributed by atoms with Gasteiger partial charge in [-0.3, -0.25) is 0 Å². The third kappa shape index (κ3) is 3.15. The van der Waals surface area contributed by atoms with Gasteiger partial charge in [-0.1, -0.05) is 18.9 Å². The van der Waals surface area contributed by atoms with E-state index in [9.17, 15) is 14.7 Å². The van der Waals surface area contributed by atoms with E-state index >= 15 is 0 Å². The molecule has 0 atom stereocenters. The Hall–Kier alpha value is -2.24. The topological polar surface area (TPSA) is 98.7 Å². The number of carboxylic acids is 1. The molecule has 1 aromatic carbocycles. The number of amides is 2. The number of aromatic hydroxyl groups is 1. The van der Waals surface area contributed by atoms with Crippen LogP contribution < -0.4 is 10.6 Å². The quantitative estimate of drug-likeness (QED) is 0.629. The Labute approximate surface area is 110 Å². The molecule has 19 heavy (non-hydrogen) atoms. The average molecular weight is 264 g/mol. The van der Waals surface area contributed by atoms with E-state index < -0.39 is 17.7 Å². The highest BCUT2D eigenvalue weighted by molar-refractivity contribution is 5.97. The lowest BCUT2D eigenvalue weighted by Crippen LogP contribution is -2.36. The molecule has 0 bridgehead atoms. The second-order valence-corrected chi connectivity index (χ2v) is 4.59. The number of hydrogen-bond donors (Lipinski definition) is 4. The van der Waals surface area contributed by atoms with Gasteiger partial charge >= 0.3 is 12.0 Å². The minimum atomic E-state index is -1.24. The van der Waals surface area contributed by atoms with E-state index in [1.807, 2.05) is 0 Å². The number of phenols is 1. The normalized spacial score (nSPS) is 15.2. The molecule has 0 unspecified atom stereocenters. The third-order valence-corrected chi connectivity index (χ3v) is 3.21. The highest BCUT2D eigenvalue weighted by atomic mass is 16.4. The number of benzene rings is 1. The molecule has 0 radical (unpaired) electrons. The molecule has 1 aromatic rings. The second-order valence-electron chi connectivity index (χ2n) is 4.59. The zero-order chi connectivity index (χ0) is 13.8. The van der Waals surface area contributed by atoms with Crippen LogP contribution in [0, 0.1) is 0 Å². The van der Waals surface area contributed by atoms with Crippen LogP contribution in [-0.4, -0.2) is 28.3 Å². The SMILES string of the molecule is O=C(Nc1cccc(C(=O)O)c1O)NC1CCCC1. The predicted molar refractivity (Wildman–Crippen MR) is 69.5 cm³/mol. The van der Waals surface area contributed by atoms with Crippen LogP contribution in [0.4, 0.5) is 10.5 Å². The molecule has 0 heterocycles. The summed E-state index contributed by atoms with van der Waals surface area (Å²) < 4.78 is 0. The Balaban J connectivity index is 2.04. The van der Waals surface area contributed by atoms with Gasteiger partial charge in [0.1, 0.15) is 5.56 Å². The van der Waals surface area contributed by atoms with Crippen LogP contribution in [-0.2, 0) is 0 Å². The molecule has 0 aromatic heterocycles. The second kappa shape index (κ2) is 5.60. The fraction of sp³-hybridized carbons (Fsp3) is 0.385. The van der Waals surface area contributed by atoms with Gasteiger partial charge in [0.25, 0.3) is 0 Å². The van der Waals surface area contributed by atoms with Crippen molar-refractivity contribution in [3.8, 4) is 5.75 Å². The number of rotatable bonds is 3. The van der Waals surface area contributed by atoms with Crippen molar-refractivity contribution in [1.29, 1.82) is 0 Å². The highest BCUT2D eigenvalue weighted by Crippen LogP contribution is 2.27. The molecule has 1 saturated carbocycles. The number of carboxylic acid groups (broad SMARTS) is 1. The first kappa shape index (κ1) is 13.2. The van der Waals surface area contributed by atoms with Crippen LogP contribution >= 0.6 is 0 Å². The van der Waals surface area contributed by atoms with Crippen LogP contribution in [0.3, 0.4) is 0 Å². The fourth-order valence-corrected chi connectivity index (χ4v) is 2.23. The summed E-state index contributed by atoms with van der Waals surface area (Å²) in [5.74, 6) is -1.67. The van der Waals surface area contributed by atoms with Gasteiger partial charge in [0.2, 0.25) is 0 Å². The molecule has 102 valence electrons. The summed E-state index contributed by atoms with van der Waals surface area (Å²) in [6.07, 6.45) is 4.11. The fourth-order valence-electron chi connectivity index (χ4n) is 2.23. The van der Waals surface area contributed by atoms with Crippen LogP contribution in [0.5, 0.6) is 5.75 Å². The molecule has 2 amide bonds. The van der Waals surface area contributed by atoms with Gasteiger partial charge in [0, 0.05) is 6.04 Å². The number of nitrogens with one attached hydrogen (secondary N) is 2. The van der Waals surface area contributed by atoms with Gasteiger partial charge in [0.05, 0.1) is 5.69 Å². The number of para-hydroxylation sites is 1. The van der Waals surface area contributed by atoms with Crippen molar-refractivity contribution in [3.63, 3.8) is 0 Å². The standard InChI is InChI=1S/C13H16N2O4/c16-11-9(12(17)18)6-3-7-10(11)15-13(19)14-8-4-1-2-5-8/h3,6-8,16H,1-2,4-5H2,(H,17,18)(H2,14,15,19). The summed E-state index contributed by atoms with van der Waals surface area (Å²) in [4.78, 5) is 22.6. The number of carbonyl (C=O) groups is 2. The summed E-state index contributed by atoms with van der Waals surface area (Å²) in [5.41, 5.74) is -0.144. The Kier molecular flexibility index (Phi) is 3.89. The molecule has 1 aliphatic rings. The third-order valence-electron chi connectivity index (χ3n) is 3.21. The summed E-state index contributed by atoms with van der Waals surface area (Å²) in [7, 11) is 0. The van der Waals surface area contributed by atoms with Crippen molar-refractivity contribution in [2.24, 2.45) is 0 Å². The molecule has 1 fully saturated rings. The Morgan fingerprint density at radius 1 is 1.21 bits per heavy atom. The van der Waals surface area contributed by atoms with Crippen LogP contribution in [0.25, 0.3) is 0 Å². The maximum Gasteiger partial charge on any atom is 0.339 e.